The van der Waals surface area contributed by atoms with Crippen molar-refractivity contribution in [3.8, 4) is 0 Å². The molecule has 0 aliphatic carbocycles. The first-order valence-corrected chi connectivity index (χ1v) is 8.31. The van der Waals surface area contributed by atoms with Crippen LogP contribution >= 0.6 is 19.1 Å². The van der Waals surface area contributed by atoms with Gasteiger partial charge in [-0.25, -0.2) is 0 Å². The maximum Gasteiger partial charge on any atom is 0.263 e. The molecule has 2 nitrogen and oxygen atoms in total. The monoisotopic (exact) mass is 276 g/mol. The Bertz CT molecular complexity index is 590. The van der Waals surface area contributed by atoms with Crippen LogP contribution < -0.4 is 10.6 Å². The average Bonchev–Trinajstić information content (AvgIpc) is 2.40. The molecule has 0 radical (unpaired) electrons. The second kappa shape index (κ2) is 4.58. The van der Waals surface area contributed by atoms with Crippen LogP contribution in [0.15, 0.2) is 58.3 Å². The van der Waals surface area contributed by atoms with Crippen LogP contribution in [-0.4, -0.2) is 6.61 Å². The number of hydrogen-bond acceptors (Lipinski definition) is 3. The number of fused-ring (bicyclic) bond motifs is 2. The van der Waals surface area contributed by atoms with Gasteiger partial charge in [0.1, 0.15) is 0 Å². The van der Waals surface area contributed by atoms with Gasteiger partial charge >= 0.3 is 0 Å². The Hall–Kier alpha value is -1.02. The third-order valence-corrected chi connectivity index (χ3v) is 7.02. The van der Waals surface area contributed by atoms with Crippen LogP contribution in [0.1, 0.15) is 6.92 Å². The number of rotatable bonds is 2. The van der Waals surface area contributed by atoms with E-state index in [9.17, 15) is 4.57 Å². The normalized spacial score (nSPS) is 15.8. The van der Waals surface area contributed by atoms with Gasteiger partial charge in [-0.15, -0.1) is 0 Å². The Labute approximate surface area is 111 Å². The molecule has 1 heterocycles. The van der Waals surface area contributed by atoms with E-state index < -0.39 is 7.37 Å². The summed E-state index contributed by atoms with van der Waals surface area (Å²) in [7, 11) is -2.91. The molecular formula is C14H13O2PS. The summed E-state index contributed by atoms with van der Waals surface area (Å²) in [6.07, 6.45) is 0. The van der Waals surface area contributed by atoms with Gasteiger partial charge in [0.25, 0.3) is 7.37 Å². The molecule has 0 aromatic heterocycles. The molecule has 4 heteroatoms. The van der Waals surface area contributed by atoms with E-state index in [2.05, 4.69) is 0 Å². The SMILES string of the molecule is CCOP1(=O)c2ccccc2Sc2ccccc21. The fraction of sp³-hybridized carbons (Fsp3) is 0.143. The van der Waals surface area contributed by atoms with E-state index in [1.165, 1.54) is 0 Å². The van der Waals surface area contributed by atoms with E-state index in [0.717, 1.165) is 20.4 Å². The van der Waals surface area contributed by atoms with Gasteiger partial charge in [0, 0.05) is 9.79 Å². The summed E-state index contributed by atoms with van der Waals surface area (Å²) >= 11 is 1.66. The van der Waals surface area contributed by atoms with Crippen molar-refractivity contribution in [2.45, 2.75) is 16.7 Å². The first-order valence-electron chi connectivity index (χ1n) is 5.87. The van der Waals surface area contributed by atoms with Crippen LogP contribution in [0.4, 0.5) is 0 Å². The third kappa shape index (κ3) is 1.74. The van der Waals surface area contributed by atoms with Gasteiger partial charge in [-0.3, -0.25) is 4.57 Å². The fourth-order valence-corrected chi connectivity index (χ4v) is 6.21. The Balaban J connectivity index is 2.27. The van der Waals surface area contributed by atoms with Crippen molar-refractivity contribution >= 4 is 29.7 Å². The van der Waals surface area contributed by atoms with Crippen molar-refractivity contribution in [2.24, 2.45) is 0 Å². The first-order chi connectivity index (χ1) is 8.75. The quantitative estimate of drug-likeness (QED) is 0.786. The second-order valence-corrected chi connectivity index (χ2v) is 7.42. The van der Waals surface area contributed by atoms with Gasteiger partial charge in [0.15, 0.2) is 0 Å². The summed E-state index contributed by atoms with van der Waals surface area (Å²) in [5, 5.41) is 1.66. The van der Waals surface area contributed by atoms with Crippen LogP contribution in [0.5, 0.6) is 0 Å². The first kappa shape index (κ1) is 12.0. The van der Waals surface area contributed by atoms with Gasteiger partial charge in [-0.05, 0) is 31.2 Å². The zero-order valence-electron chi connectivity index (χ0n) is 10.00. The Morgan fingerprint density at radius 3 is 2.00 bits per heavy atom. The summed E-state index contributed by atoms with van der Waals surface area (Å²) in [5.74, 6) is 0. The van der Waals surface area contributed by atoms with Crippen LogP contribution in [-0.2, 0) is 9.09 Å². The lowest BCUT2D eigenvalue weighted by atomic mass is 10.3. The summed E-state index contributed by atoms with van der Waals surface area (Å²) in [4.78, 5) is 2.07. The number of benzene rings is 2. The lowest BCUT2D eigenvalue weighted by molar-refractivity contribution is 0.347. The van der Waals surface area contributed by atoms with Crippen LogP contribution in [0.3, 0.4) is 0 Å². The molecule has 0 amide bonds. The lowest BCUT2D eigenvalue weighted by Crippen LogP contribution is -2.24. The van der Waals surface area contributed by atoms with E-state index in [1.54, 1.807) is 11.8 Å². The Morgan fingerprint density at radius 2 is 1.50 bits per heavy atom. The van der Waals surface area contributed by atoms with E-state index in [0.29, 0.717) is 6.61 Å². The summed E-state index contributed by atoms with van der Waals surface area (Å²) in [6.45, 7) is 2.33. The predicted octanol–water partition coefficient (Wildman–Crippen LogP) is 3.42. The smallest absolute Gasteiger partial charge is 0.263 e. The van der Waals surface area contributed by atoms with Crippen molar-refractivity contribution in [3.05, 3.63) is 48.5 Å². The second-order valence-electron chi connectivity index (χ2n) is 4.01. The zero-order chi connectivity index (χ0) is 12.6. The van der Waals surface area contributed by atoms with Crippen LogP contribution in [0, 0.1) is 0 Å². The Kier molecular flexibility index (Phi) is 3.06. The van der Waals surface area contributed by atoms with E-state index in [4.69, 9.17) is 4.52 Å². The molecule has 0 saturated heterocycles. The topological polar surface area (TPSA) is 26.3 Å². The van der Waals surface area contributed by atoms with Gasteiger partial charge in [-0.2, -0.15) is 0 Å². The lowest BCUT2D eigenvalue weighted by Gasteiger charge is -2.27. The summed E-state index contributed by atoms with van der Waals surface area (Å²) < 4.78 is 18.9. The maximum atomic E-state index is 13.2. The van der Waals surface area contributed by atoms with Crippen molar-refractivity contribution in [1.82, 2.24) is 0 Å². The molecule has 1 aliphatic rings. The molecule has 0 fully saturated rings. The maximum absolute atomic E-state index is 13.2. The minimum atomic E-state index is -2.91. The van der Waals surface area contributed by atoms with Crippen molar-refractivity contribution < 1.29 is 9.09 Å². The average molecular weight is 276 g/mol. The highest BCUT2D eigenvalue weighted by molar-refractivity contribution is 8.01. The van der Waals surface area contributed by atoms with Crippen molar-refractivity contribution in [3.63, 3.8) is 0 Å². The largest absolute Gasteiger partial charge is 0.322 e. The number of hydrogen-bond donors (Lipinski definition) is 0. The highest BCUT2D eigenvalue weighted by Gasteiger charge is 2.36. The van der Waals surface area contributed by atoms with Crippen LogP contribution in [0.2, 0.25) is 0 Å². The standard InChI is InChI=1S/C14H13O2PS/c1-2-16-17(15)11-7-3-5-9-13(11)18-14-10-6-4-8-12(14)17/h3-10H,2H2,1H3. The summed E-state index contributed by atoms with van der Waals surface area (Å²) in [5.41, 5.74) is 0. The van der Waals surface area contributed by atoms with E-state index in [-0.39, 0.29) is 0 Å². The fourth-order valence-electron chi connectivity index (χ4n) is 2.14. The molecule has 0 atom stereocenters. The van der Waals surface area contributed by atoms with E-state index in [1.807, 2.05) is 55.5 Å². The molecule has 3 rings (SSSR count). The highest BCUT2D eigenvalue weighted by Crippen LogP contribution is 2.53. The highest BCUT2D eigenvalue weighted by atomic mass is 32.2. The van der Waals surface area contributed by atoms with E-state index >= 15 is 0 Å². The zero-order valence-corrected chi connectivity index (χ0v) is 11.7. The minimum Gasteiger partial charge on any atom is -0.322 e. The molecule has 18 heavy (non-hydrogen) atoms. The van der Waals surface area contributed by atoms with Crippen LogP contribution in [0.25, 0.3) is 0 Å². The summed E-state index contributed by atoms with van der Waals surface area (Å²) in [6, 6.07) is 15.6. The van der Waals surface area contributed by atoms with Crippen molar-refractivity contribution in [1.29, 1.82) is 0 Å². The molecular weight excluding hydrogens is 263 g/mol. The minimum absolute atomic E-state index is 0.449. The molecule has 0 spiro atoms. The molecule has 0 saturated carbocycles. The van der Waals surface area contributed by atoms with Crippen molar-refractivity contribution in [2.75, 3.05) is 6.61 Å². The molecule has 0 bridgehead atoms. The molecule has 0 unspecified atom stereocenters. The molecule has 1 aliphatic heterocycles. The van der Waals surface area contributed by atoms with Gasteiger partial charge in [0.2, 0.25) is 0 Å². The third-order valence-electron chi connectivity index (χ3n) is 2.90. The molecule has 0 N–H and O–H groups in total. The van der Waals surface area contributed by atoms with Gasteiger partial charge in [0.05, 0.1) is 17.2 Å². The molecule has 2 aromatic carbocycles. The van der Waals surface area contributed by atoms with Gasteiger partial charge in [-0.1, -0.05) is 36.0 Å². The predicted molar refractivity (Wildman–Crippen MR) is 75.5 cm³/mol. The molecule has 92 valence electrons. The van der Waals surface area contributed by atoms with Gasteiger partial charge < -0.3 is 4.52 Å². The molecule has 2 aromatic rings. The Morgan fingerprint density at radius 1 is 1.00 bits per heavy atom.